The first kappa shape index (κ1) is 14.5. The zero-order valence-corrected chi connectivity index (χ0v) is 12.8. The molecule has 1 N–H and O–H groups in total. The van der Waals surface area contributed by atoms with Crippen molar-refractivity contribution < 1.29 is 4.79 Å². The molecule has 1 amide bonds. The topological polar surface area (TPSA) is 64.0 Å². The Kier molecular flexibility index (Phi) is 4.34. The van der Waals surface area contributed by atoms with Crippen molar-refractivity contribution in [3.8, 4) is 0 Å². The number of nitrogens with zero attached hydrogens (tertiary/aromatic N) is 2. The Bertz CT molecular complexity index is 710. The predicted octanol–water partition coefficient (Wildman–Crippen LogP) is 2.26. The van der Waals surface area contributed by atoms with Crippen LogP contribution in [-0.4, -0.2) is 15.5 Å². The van der Waals surface area contributed by atoms with Crippen molar-refractivity contribution in [2.24, 2.45) is 0 Å². The van der Waals surface area contributed by atoms with E-state index >= 15 is 0 Å². The number of hydrogen-bond acceptors (Lipinski definition) is 3. The normalized spacial score (nSPS) is 10.3. The minimum Gasteiger partial charge on any atom is -0.325 e. The van der Waals surface area contributed by atoms with Crippen molar-refractivity contribution in [2.45, 2.75) is 20.4 Å². The smallest absolute Gasteiger partial charge is 0.268 e. The standard InChI is InChI=1S/C14H14BrN3O2/c1-9-4-3-5-11(6-9)17-12(19)7-18-8-16-10(2)13(15)14(18)20/h3-6,8H,7H2,1-2H3,(H,17,19). The number of rotatable bonds is 3. The summed E-state index contributed by atoms with van der Waals surface area (Å²) in [6, 6.07) is 7.48. The van der Waals surface area contributed by atoms with Gasteiger partial charge in [0.1, 0.15) is 11.0 Å². The minimum absolute atomic E-state index is 0.0708. The molecule has 0 saturated heterocycles. The molecule has 0 aliphatic rings. The van der Waals surface area contributed by atoms with Gasteiger partial charge in [0.2, 0.25) is 5.91 Å². The Balaban J connectivity index is 2.13. The van der Waals surface area contributed by atoms with Gasteiger partial charge in [-0.25, -0.2) is 4.98 Å². The van der Waals surface area contributed by atoms with Gasteiger partial charge in [0.25, 0.3) is 5.56 Å². The maximum Gasteiger partial charge on any atom is 0.268 e. The molecule has 0 radical (unpaired) electrons. The summed E-state index contributed by atoms with van der Waals surface area (Å²) < 4.78 is 1.64. The van der Waals surface area contributed by atoms with Crippen LogP contribution in [0.15, 0.2) is 39.9 Å². The molecule has 104 valence electrons. The van der Waals surface area contributed by atoms with Crippen LogP contribution in [-0.2, 0) is 11.3 Å². The van der Waals surface area contributed by atoms with Crippen LogP contribution in [0, 0.1) is 13.8 Å². The third kappa shape index (κ3) is 3.33. The lowest BCUT2D eigenvalue weighted by atomic mass is 10.2. The molecule has 0 atom stereocenters. The second-order valence-corrected chi connectivity index (χ2v) is 5.29. The van der Waals surface area contributed by atoms with Crippen LogP contribution in [0.3, 0.4) is 0 Å². The van der Waals surface area contributed by atoms with E-state index in [9.17, 15) is 9.59 Å². The molecule has 1 aromatic heterocycles. The van der Waals surface area contributed by atoms with Gasteiger partial charge in [-0.3, -0.25) is 14.2 Å². The van der Waals surface area contributed by atoms with E-state index in [1.807, 2.05) is 25.1 Å². The van der Waals surface area contributed by atoms with Gasteiger partial charge in [0, 0.05) is 5.69 Å². The Morgan fingerprint density at radius 3 is 2.85 bits per heavy atom. The second-order valence-electron chi connectivity index (χ2n) is 4.49. The third-order valence-corrected chi connectivity index (χ3v) is 3.69. The fourth-order valence-electron chi connectivity index (χ4n) is 1.74. The van der Waals surface area contributed by atoms with Crippen molar-refractivity contribution in [3.05, 3.63) is 56.7 Å². The Labute approximate surface area is 124 Å². The second kappa shape index (κ2) is 6.00. The van der Waals surface area contributed by atoms with Crippen LogP contribution >= 0.6 is 15.9 Å². The van der Waals surface area contributed by atoms with Gasteiger partial charge in [0.05, 0.1) is 12.0 Å². The molecule has 0 aliphatic carbocycles. The summed E-state index contributed by atoms with van der Waals surface area (Å²) in [5.74, 6) is -0.268. The first-order valence-electron chi connectivity index (χ1n) is 6.05. The van der Waals surface area contributed by atoms with Crippen LogP contribution in [0.25, 0.3) is 0 Å². The molecule has 2 aromatic rings. The molecule has 0 saturated carbocycles. The van der Waals surface area contributed by atoms with Crippen molar-refractivity contribution in [1.29, 1.82) is 0 Å². The number of anilines is 1. The van der Waals surface area contributed by atoms with E-state index in [0.717, 1.165) is 5.56 Å². The molecular formula is C14H14BrN3O2. The molecule has 20 heavy (non-hydrogen) atoms. The number of hydrogen-bond donors (Lipinski definition) is 1. The number of carbonyl (C=O) groups excluding carboxylic acids is 1. The Hall–Kier alpha value is -1.95. The van der Waals surface area contributed by atoms with Gasteiger partial charge < -0.3 is 5.32 Å². The summed E-state index contributed by atoms with van der Waals surface area (Å²) in [7, 11) is 0. The average molecular weight is 336 g/mol. The number of halogens is 1. The number of aryl methyl sites for hydroxylation is 2. The van der Waals surface area contributed by atoms with E-state index in [1.54, 1.807) is 13.0 Å². The van der Waals surface area contributed by atoms with E-state index in [2.05, 4.69) is 26.2 Å². The maximum atomic E-state index is 11.9. The summed E-state index contributed by atoms with van der Waals surface area (Å²) in [5, 5.41) is 2.75. The third-order valence-electron chi connectivity index (χ3n) is 2.77. The zero-order valence-electron chi connectivity index (χ0n) is 11.2. The van der Waals surface area contributed by atoms with Crippen LogP contribution < -0.4 is 10.9 Å². The molecule has 0 spiro atoms. The van der Waals surface area contributed by atoms with Gasteiger partial charge in [-0.05, 0) is 47.5 Å². The zero-order chi connectivity index (χ0) is 14.7. The number of amides is 1. The summed E-state index contributed by atoms with van der Waals surface area (Å²) in [4.78, 5) is 27.9. The van der Waals surface area contributed by atoms with E-state index in [1.165, 1.54) is 10.9 Å². The van der Waals surface area contributed by atoms with Crippen LogP contribution in [0.5, 0.6) is 0 Å². The van der Waals surface area contributed by atoms with Gasteiger partial charge in [-0.2, -0.15) is 0 Å². The monoisotopic (exact) mass is 335 g/mol. The highest BCUT2D eigenvalue weighted by Crippen LogP contribution is 2.10. The maximum absolute atomic E-state index is 11.9. The lowest BCUT2D eigenvalue weighted by Gasteiger charge is -2.08. The molecule has 5 nitrogen and oxygen atoms in total. The first-order valence-corrected chi connectivity index (χ1v) is 6.84. The van der Waals surface area contributed by atoms with Crippen molar-refractivity contribution in [3.63, 3.8) is 0 Å². The predicted molar refractivity (Wildman–Crippen MR) is 80.7 cm³/mol. The highest BCUT2D eigenvalue weighted by molar-refractivity contribution is 9.10. The summed E-state index contributed by atoms with van der Waals surface area (Å²) in [6.07, 6.45) is 1.37. The molecule has 2 rings (SSSR count). The molecule has 0 fully saturated rings. The molecule has 1 heterocycles. The number of aromatic nitrogens is 2. The van der Waals surface area contributed by atoms with Gasteiger partial charge >= 0.3 is 0 Å². The largest absolute Gasteiger partial charge is 0.325 e. The lowest BCUT2D eigenvalue weighted by Crippen LogP contribution is -2.28. The SMILES string of the molecule is Cc1cccc(NC(=O)Cn2cnc(C)c(Br)c2=O)c1. The molecule has 0 unspecified atom stereocenters. The number of nitrogens with one attached hydrogen (secondary N) is 1. The molecule has 0 aliphatic heterocycles. The lowest BCUT2D eigenvalue weighted by molar-refractivity contribution is -0.116. The minimum atomic E-state index is -0.268. The summed E-state index contributed by atoms with van der Waals surface area (Å²) >= 11 is 3.17. The highest BCUT2D eigenvalue weighted by Gasteiger charge is 2.09. The fourth-order valence-corrected chi connectivity index (χ4v) is 2.07. The molecule has 0 bridgehead atoms. The van der Waals surface area contributed by atoms with Gasteiger partial charge in [-0.1, -0.05) is 12.1 Å². The van der Waals surface area contributed by atoms with Crippen molar-refractivity contribution >= 4 is 27.5 Å². The Morgan fingerprint density at radius 2 is 2.15 bits per heavy atom. The highest BCUT2D eigenvalue weighted by atomic mass is 79.9. The van der Waals surface area contributed by atoms with E-state index in [-0.39, 0.29) is 18.0 Å². The van der Waals surface area contributed by atoms with E-state index in [0.29, 0.717) is 15.9 Å². The molecule has 1 aromatic carbocycles. The van der Waals surface area contributed by atoms with Crippen LogP contribution in [0.1, 0.15) is 11.3 Å². The van der Waals surface area contributed by atoms with Gasteiger partial charge in [0.15, 0.2) is 0 Å². The number of carbonyl (C=O) groups is 1. The summed E-state index contributed by atoms with van der Waals surface area (Å²) in [5.41, 5.74) is 2.10. The first-order chi connectivity index (χ1) is 9.47. The van der Waals surface area contributed by atoms with Crippen molar-refractivity contribution in [2.75, 3.05) is 5.32 Å². The van der Waals surface area contributed by atoms with Gasteiger partial charge in [-0.15, -0.1) is 0 Å². The van der Waals surface area contributed by atoms with E-state index in [4.69, 9.17) is 0 Å². The van der Waals surface area contributed by atoms with Crippen molar-refractivity contribution in [1.82, 2.24) is 9.55 Å². The number of benzene rings is 1. The van der Waals surface area contributed by atoms with E-state index < -0.39 is 0 Å². The van der Waals surface area contributed by atoms with Crippen LogP contribution in [0.2, 0.25) is 0 Å². The molecule has 6 heteroatoms. The Morgan fingerprint density at radius 1 is 1.40 bits per heavy atom. The quantitative estimate of drug-likeness (QED) is 0.935. The molecular weight excluding hydrogens is 322 g/mol. The fraction of sp³-hybridized carbons (Fsp3) is 0.214. The summed E-state index contributed by atoms with van der Waals surface area (Å²) in [6.45, 7) is 3.60. The average Bonchev–Trinajstić information content (AvgIpc) is 2.39. The van der Waals surface area contributed by atoms with Crippen LogP contribution in [0.4, 0.5) is 5.69 Å².